The molecule has 1 heterocycles. The molecule has 3 rings (SSSR count). The zero-order valence-corrected chi connectivity index (χ0v) is 18.3. The zero-order valence-electron chi connectivity index (χ0n) is 18.3. The van der Waals surface area contributed by atoms with Crippen molar-refractivity contribution in [2.24, 2.45) is 0 Å². The van der Waals surface area contributed by atoms with Crippen molar-refractivity contribution in [1.82, 2.24) is 9.78 Å². The van der Waals surface area contributed by atoms with Crippen LogP contribution in [0.5, 0.6) is 5.75 Å². The van der Waals surface area contributed by atoms with Gasteiger partial charge in [-0.25, -0.2) is 4.68 Å². The van der Waals surface area contributed by atoms with Crippen molar-refractivity contribution < 1.29 is 14.3 Å². The second kappa shape index (κ2) is 10.4. The summed E-state index contributed by atoms with van der Waals surface area (Å²) in [5.74, 6) is -0.247. The Labute approximate surface area is 186 Å². The van der Waals surface area contributed by atoms with Crippen LogP contribution in [0.3, 0.4) is 0 Å². The Hall–Kier alpha value is -3.94. The maximum atomic E-state index is 12.9. The van der Waals surface area contributed by atoms with Crippen molar-refractivity contribution in [1.29, 1.82) is 0 Å². The number of hydrogen-bond acceptors (Lipinski definition) is 5. The van der Waals surface area contributed by atoms with Crippen molar-refractivity contribution in [2.45, 2.75) is 33.2 Å². The van der Waals surface area contributed by atoms with Gasteiger partial charge in [0.25, 0.3) is 5.56 Å². The van der Waals surface area contributed by atoms with E-state index in [1.165, 1.54) is 13.2 Å². The first-order chi connectivity index (χ1) is 15.4. The number of ether oxygens (including phenoxy) is 1. The van der Waals surface area contributed by atoms with E-state index in [1.807, 2.05) is 24.3 Å². The van der Waals surface area contributed by atoms with E-state index in [2.05, 4.69) is 22.7 Å². The lowest BCUT2D eigenvalue weighted by Gasteiger charge is -2.13. The first-order valence-electron chi connectivity index (χ1n) is 10.4. The number of benzene rings is 2. The Bertz CT molecular complexity index is 1170. The highest BCUT2D eigenvalue weighted by Crippen LogP contribution is 2.23. The SMILES string of the molecule is CCC(=O)Nc1cc(-c2ccc(CC)cc2)nn(CC(=O)Nc2ccccc2OC)c1=O. The third kappa shape index (κ3) is 5.40. The Morgan fingerprint density at radius 1 is 0.969 bits per heavy atom. The van der Waals surface area contributed by atoms with E-state index in [0.29, 0.717) is 17.1 Å². The van der Waals surface area contributed by atoms with Crippen molar-refractivity contribution in [3.05, 3.63) is 70.5 Å². The van der Waals surface area contributed by atoms with E-state index >= 15 is 0 Å². The molecule has 8 nitrogen and oxygen atoms in total. The number of anilines is 2. The zero-order chi connectivity index (χ0) is 23.1. The molecule has 0 atom stereocenters. The van der Waals surface area contributed by atoms with Gasteiger partial charge in [0.2, 0.25) is 11.8 Å². The van der Waals surface area contributed by atoms with Crippen LogP contribution in [0.2, 0.25) is 0 Å². The molecular formula is C24H26N4O4. The van der Waals surface area contributed by atoms with Crippen molar-refractivity contribution in [3.8, 4) is 17.0 Å². The molecule has 0 bridgehead atoms. The molecule has 0 aliphatic rings. The molecule has 0 unspecified atom stereocenters. The Morgan fingerprint density at radius 3 is 2.31 bits per heavy atom. The van der Waals surface area contributed by atoms with Gasteiger partial charge in [0.15, 0.2) is 0 Å². The number of nitrogens with zero attached hydrogens (tertiary/aromatic N) is 2. The van der Waals surface area contributed by atoms with Crippen LogP contribution in [0, 0.1) is 0 Å². The summed E-state index contributed by atoms with van der Waals surface area (Å²) >= 11 is 0. The average Bonchev–Trinajstić information content (AvgIpc) is 2.81. The molecule has 0 aliphatic heterocycles. The van der Waals surface area contributed by atoms with Crippen molar-refractivity contribution in [3.63, 3.8) is 0 Å². The summed E-state index contributed by atoms with van der Waals surface area (Å²) in [5, 5.41) is 9.72. The highest BCUT2D eigenvalue weighted by atomic mass is 16.5. The molecule has 0 aliphatic carbocycles. The van der Waals surface area contributed by atoms with Gasteiger partial charge in [-0.2, -0.15) is 5.10 Å². The molecular weight excluding hydrogens is 408 g/mol. The molecule has 2 aromatic carbocycles. The molecule has 166 valence electrons. The molecule has 2 N–H and O–H groups in total. The standard InChI is InChI=1S/C24H26N4O4/c1-4-16-10-12-17(13-11-16)19-14-20(26-22(29)5-2)24(31)28(27-19)15-23(30)25-18-8-6-7-9-21(18)32-3/h6-14H,4-5,15H2,1-3H3,(H,25,30)(H,26,29). The Balaban J connectivity index is 1.95. The number of hydrogen-bond donors (Lipinski definition) is 2. The molecule has 0 spiro atoms. The molecule has 32 heavy (non-hydrogen) atoms. The summed E-state index contributed by atoms with van der Waals surface area (Å²) in [7, 11) is 1.51. The van der Waals surface area contributed by atoms with Gasteiger partial charge in [-0.1, -0.05) is 50.2 Å². The second-order valence-corrected chi connectivity index (χ2v) is 7.11. The monoisotopic (exact) mass is 434 g/mol. The van der Waals surface area contributed by atoms with E-state index < -0.39 is 11.5 Å². The normalized spacial score (nSPS) is 10.5. The van der Waals surface area contributed by atoms with Gasteiger partial charge < -0.3 is 15.4 Å². The van der Waals surface area contributed by atoms with E-state index in [9.17, 15) is 14.4 Å². The van der Waals surface area contributed by atoms with Crippen LogP contribution in [0.4, 0.5) is 11.4 Å². The first kappa shape index (κ1) is 22.7. The lowest BCUT2D eigenvalue weighted by Crippen LogP contribution is -2.32. The van der Waals surface area contributed by atoms with Crippen LogP contribution >= 0.6 is 0 Å². The van der Waals surface area contributed by atoms with Crippen LogP contribution in [-0.2, 0) is 22.6 Å². The highest BCUT2D eigenvalue weighted by molar-refractivity contribution is 5.92. The van der Waals surface area contributed by atoms with E-state index in [4.69, 9.17) is 4.74 Å². The number of aryl methyl sites for hydroxylation is 1. The van der Waals surface area contributed by atoms with Crippen LogP contribution in [0.1, 0.15) is 25.8 Å². The van der Waals surface area contributed by atoms with E-state index in [1.54, 1.807) is 31.2 Å². The quantitative estimate of drug-likeness (QED) is 0.565. The summed E-state index contributed by atoms with van der Waals surface area (Å²) < 4.78 is 6.30. The van der Waals surface area contributed by atoms with Gasteiger partial charge in [-0.05, 0) is 30.2 Å². The molecule has 8 heteroatoms. The summed E-state index contributed by atoms with van der Waals surface area (Å²) in [6.07, 6.45) is 1.12. The fraction of sp³-hybridized carbons (Fsp3) is 0.250. The number of para-hydroxylation sites is 2. The van der Waals surface area contributed by atoms with Gasteiger partial charge in [0, 0.05) is 12.0 Å². The minimum Gasteiger partial charge on any atom is -0.495 e. The predicted molar refractivity (Wildman–Crippen MR) is 124 cm³/mol. The molecule has 0 radical (unpaired) electrons. The number of amides is 2. The predicted octanol–water partition coefficient (Wildman–Crippen LogP) is 3.47. The number of aromatic nitrogens is 2. The van der Waals surface area contributed by atoms with Gasteiger partial charge >= 0.3 is 0 Å². The van der Waals surface area contributed by atoms with Gasteiger partial charge in [0.1, 0.15) is 18.0 Å². The smallest absolute Gasteiger partial charge is 0.291 e. The maximum Gasteiger partial charge on any atom is 0.291 e. The Morgan fingerprint density at radius 2 is 1.66 bits per heavy atom. The van der Waals surface area contributed by atoms with Crippen LogP contribution in [0.15, 0.2) is 59.4 Å². The van der Waals surface area contributed by atoms with Gasteiger partial charge in [0.05, 0.1) is 18.5 Å². The third-order valence-corrected chi connectivity index (χ3v) is 4.90. The number of carbonyl (C=O) groups is 2. The fourth-order valence-corrected chi connectivity index (χ4v) is 3.10. The molecule has 1 aromatic heterocycles. The van der Waals surface area contributed by atoms with E-state index in [-0.39, 0.29) is 24.6 Å². The highest BCUT2D eigenvalue weighted by Gasteiger charge is 2.15. The minimum atomic E-state index is -0.559. The minimum absolute atomic E-state index is 0.0755. The molecule has 0 fully saturated rings. The van der Waals surface area contributed by atoms with Crippen molar-refractivity contribution >= 4 is 23.2 Å². The molecule has 0 saturated heterocycles. The van der Waals surface area contributed by atoms with Crippen LogP contribution in [-0.4, -0.2) is 28.7 Å². The summed E-state index contributed by atoms with van der Waals surface area (Å²) in [6.45, 7) is 3.43. The van der Waals surface area contributed by atoms with Gasteiger partial charge in [-0.3, -0.25) is 14.4 Å². The van der Waals surface area contributed by atoms with E-state index in [0.717, 1.165) is 22.2 Å². The number of rotatable bonds is 8. The molecule has 3 aromatic rings. The lowest BCUT2D eigenvalue weighted by molar-refractivity contribution is -0.117. The second-order valence-electron chi connectivity index (χ2n) is 7.11. The first-order valence-corrected chi connectivity index (χ1v) is 10.4. The number of methoxy groups -OCH3 is 1. The summed E-state index contributed by atoms with van der Waals surface area (Å²) in [6, 6.07) is 16.3. The fourth-order valence-electron chi connectivity index (χ4n) is 3.10. The van der Waals surface area contributed by atoms with Gasteiger partial charge in [-0.15, -0.1) is 0 Å². The largest absolute Gasteiger partial charge is 0.495 e. The van der Waals surface area contributed by atoms with Crippen LogP contribution < -0.4 is 20.9 Å². The van der Waals surface area contributed by atoms with Crippen molar-refractivity contribution in [2.75, 3.05) is 17.7 Å². The lowest BCUT2D eigenvalue weighted by atomic mass is 10.1. The number of nitrogens with one attached hydrogen (secondary N) is 2. The number of carbonyl (C=O) groups excluding carboxylic acids is 2. The molecule has 0 saturated carbocycles. The van der Waals surface area contributed by atoms with Crippen LogP contribution in [0.25, 0.3) is 11.3 Å². The summed E-state index contributed by atoms with van der Waals surface area (Å²) in [5.41, 5.74) is 2.41. The molecule has 2 amide bonds. The summed E-state index contributed by atoms with van der Waals surface area (Å²) in [4.78, 5) is 37.5. The topological polar surface area (TPSA) is 102 Å². The average molecular weight is 434 g/mol. The Kier molecular flexibility index (Phi) is 7.38. The maximum absolute atomic E-state index is 12.9. The third-order valence-electron chi connectivity index (χ3n) is 4.90.